The van der Waals surface area contributed by atoms with Crippen molar-refractivity contribution in [1.82, 2.24) is 0 Å². The highest BCUT2D eigenvalue weighted by molar-refractivity contribution is 5.70. The van der Waals surface area contributed by atoms with Crippen LogP contribution in [0.4, 0.5) is 0 Å². The van der Waals surface area contributed by atoms with Gasteiger partial charge in [-0.1, -0.05) is 26.7 Å². The second-order valence-corrected chi connectivity index (χ2v) is 4.14. The zero-order valence-corrected chi connectivity index (χ0v) is 7.92. The quantitative estimate of drug-likeness (QED) is 0.691. The molecule has 2 heteroatoms. The molecule has 1 N–H and O–H groups in total. The standard InChI is InChI=1S/C10H18O2/c1-7(2)8-5-3-4-6-9(8)10(11)12/h7-9H,3-6H2,1-2H3,(H,11,12)/t8-,9?/m0/s1. The molecule has 2 nitrogen and oxygen atoms in total. The molecule has 2 atom stereocenters. The number of hydrogen-bond acceptors (Lipinski definition) is 1. The molecule has 0 aromatic carbocycles. The highest BCUT2D eigenvalue weighted by atomic mass is 16.4. The third kappa shape index (κ3) is 1.99. The van der Waals surface area contributed by atoms with Gasteiger partial charge < -0.3 is 5.11 Å². The number of rotatable bonds is 2. The van der Waals surface area contributed by atoms with Crippen LogP contribution in [-0.4, -0.2) is 11.1 Å². The first kappa shape index (κ1) is 9.56. The number of aliphatic carboxylic acids is 1. The normalized spacial score (nSPS) is 30.6. The lowest BCUT2D eigenvalue weighted by molar-refractivity contribution is -0.145. The topological polar surface area (TPSA) is 37.3 Å². The second-order valence-electron chi connectivity index (χ2n) is 4.14. The Bertz CT molecular complexity index is 163. The summed E-state index contributed by atoms with van der Waals surface area (Å²) in [5.41, 5.74) is 0. The molecule has 0 spiro atoms. The molecule has 70 valence electrons. The number of hydrogen-bond donors (Lipinski definition) is 1. The van der Waals surface area contributed by atoms with E-state index in [4.69, 9.17) is 5.11 Å². The van der Waals surface area contributed by atoms with Gasteiger partial charge in [0.2, 0.25) is 0 Å². The van der Waals surface area contributed by atoms with Crippen molar-refractivity contribution in [2.75, 3.05) is 0 Å². The fourth-order valence-corrected chi connectivity index (χ4v) is 2.26. The lowest BCUT2D eigenvalue weighted by atomic mass is 9.73. The Morgan fingerprint density at radius 2 is 1.92 bits per heavy atom. The summed E-state index contributed by atoms with van der Waals surface area (Å²) in [5, 5.41) is 8.96. The molecule has 0 bridgehead atoms. The zero-order valence-electron chi connectivity index (χ0n) is 7.92. The average Bonchev–Trinajstić information content (AvgIpc) is 2.04. The Hall–Kier alpha value is -0.530. The number of carboxylic acid groups (broad SMARTS) is 1. The lowest BCUT2D eigenvalue weighted by Crippen LogP contribution is -2.30. The van der Waals surface area contributed by atoms with Crippen LogP contribution in [0.2, 0.25) is 0 Å². The molecular weight excluding hydrogens is 152 g/mol. The maximum absolute atomic E-state index is 10.9. The molecule has 1 rings (SSSR count). The first-order valence-electron chi connectivity index (χ1n) is 4.85. The van der Waals surface area contributed by atoms with Crippen molar-refractivity contribution in [3.8, 4) is 0 Å². The summed E-state index contributed by atoms with van der Waals surface area (Å²) >= 11 is 0. The Labute approximate surface area is 74.0 Å². The summed E-state index contributed by atoms with van der Waals surface area (Å²) in [6, 6.07) is 0. The van der Waals surface area contributed by atoms with E-state index in [0.717, 1.165) is 19.3 Å². The zero-order chi connectivity index (χ0) is 9.14. The van der Waals surface area contributed by atoms with Crippen LogP contribution in [0, 0.1) is 17.8 Å². The van der Waals surface area contributed by atoms with Gasteiger partial charge >= 0.3 is 5.97 Å². The summed E-state index contributed by atoms with van der Waals surface area (Å²) in [6.45, 7) is 4.26. The first-order valence-corrected chi connectivity index (χ1v) is 4.85. The highest BCUT2D eigenvalue weighted by Crippen LogP contribution is 2.34. The van der Waals surface area contributed by atoms with E-state index in [1.54, 1.807) is 0 Å². The van der Waals surface area contributed by atoms with Crippen LogP contribution in [-0.2, 0) is 4.79 Å². The summed E-state index contributed by atoms with van der Waals surface area (Å²) in [6.07, 6.45) is 4.31. The van der Waals surface area contributed by atoms with E-state index < -0.39 is 5.97 Å². The van der Waals surface area contributed by atoms with Crippen LogP contribution in [0.15, 0.2) is 0 Å². The molecule has 0 radical (unpaired) electrons. The van der Waals surface area contributed by atoms with Crippen molar-refractivity contribution in [1.29, 1.82) is 0 Å². The monoisotopic (exact) mass is 170 g/mol. The van der Waals surface area contributed by atoms with E-state index in [1.165, 1.54) is 6.42 Å². The lowest BCUT2D eigenvalue weighted by Gasteiger charge is -2.31. The van der Waals surface area contributed by atoms with E-state index in [2.05, 4.69) is 13.8 Å². The van der Waals surface area contributed by atoms with Gasteiger partial charge in [-0.05, 0) is 24.7 Å². The fraction of sp³-hybridized carbons (Fsp3) is 0.900. The molecule has 1 fully saturated rings. The third-order valence-corrected chi connectivity index (χ3v) is 2.99. The Morgan fingerprint density at radius 1 is 1.33 bits per heavy atom. The molecule has 1 saturated carbocycles. The maximum atomic E-state index is 10.9. The summed E-state index contributed by atoms with van der Waals surface area (Å²) in [5.74, 6) is 0.273. The van der Waals surface area contributed by atoms with Crippen LogP contribution in [0.5, 0.6) is 0 Å². The smallest absolute Gasteiger partial charge is 0.306 e. The van der Waals surface area contributed by atoms with E-state index in [1.807, 2.05) is 0 Å². The van der Waals surface area contributed by atoms with Gasteiger partial charge in [-0.15, -0.1) is 0 Å². The van der Waals surface area contributed by atoms with Crippen molar-refractivity contribution in [3.63, 3.8) is 0 Å². The Morgan fingerprint density at radius 3 is 2.33 bits per heavy atom. The first-order chi connectivity index (χ1) is 5.63. The average molecular weight is 170 g/mol. The molecule has 0 aliphatic heterocycles. The predicted octanol–water partition coefficient (Wildman–Crippen LogP) is 2.53. The molecule has 1 aliphatic carbocycles. The van der Waals surface area contributed by atoms with Gasteiger partial charge in [0.15, 0.2) is 0 Å². The van der Waals surface area contributed by atoms with Gasteiger partial charge in [-0.2, -0.15) is 0 Å². The molecule has 12 heavy (non-hydrogen) atoms. The van der Waals surface area contributed by atoms with Crippen molar-refractivity contribution in [3.05, 3.63) is 0 Å². The molecular formula is C10H18O2. The van der Waals surface area contributed by atoms with Crippen LogP contribution < -0.4 is 0 Å². The Kier molecular flexibility index (Phi) is 3.12. The molecule has 0 heterocycles. The van der Waals surface area contributed by atoms with Crippen LogP contribution >= 0.6 is 0 Å². The predicted molar refractivity (Wildman–Crippen MR) is 47.9 cm³/mol. The largest absolute Gasteiger partial charge is 0.481 e. The molecule has 0 aromatic heterocycles. The van der Waals surface area contributed by atoms with Crippen molar-refractivity contribution in [2.24, 2.45) is 17.8 Å². The van der Waals surface area contributed by atoms with E-state index >= 15 is 0 Å². The SMILES string of the molecule is CC(C)[C@@H]1CCCCC1C(=O)O. The number of carbonyl (C=O) groups is 1. The fourth-order valence-electron chi connectivity index (χ4n) is 2.26. The van der Waals surface area contributed by atoms with Crippen LogP contribution in [0.25, 0.3) is 0 Å². The molecule has 1 aliphatic rings. The third-order valence-electron chi connectivity index (χ3n) is 2.99. The summed E-state index contributed by atoms with van der Waals surface area (Å²) < 4.78 is 0. The van der Waals surface area contributed by atoms with Gasteiger partial charge in [-0.3, -0.25) is 4.79 Å². The minimum absolute atomic E-state index is 0.0706. The van der Waals surface area contributed by atoms with Gasteiger partial charge in [0.25, 0.3) is 0 Å². The van der Waals surface area contributed by atoms with Crippen LogP contribution in [0.1, 0.15) is 39.5 Å². The molecule has 1 unspecified atom stereocenters. The van der Waals surface area contributed by atoms with E-state index in [9.17, 15) is 4.79 Å². The minimum atomic E-state index is -0.589. The maximum Gasteiger partial charge on any atom is 0.306 e. The van der Waals surface area contributed by atoms with Gasteiger partial charge in [0.1, 0.15) is 0 Å². The second kappa shape index (κ2) is 3.92. The number of carboxylic acids is 1. The van der Waals surface area contributed by atoms with E-state index in [0.29, 0.717) is 11.8 Å². The molecule has 0 amide bonds. The van der Waals surface area contributed by atoms with Gasteiger partial charge in [0, 0.05) is 0 Å². The Balaban J connectivity index is 2.60. The highest BCUT2D eigenvalue weighted by Gasteiger charge is 2.32. The van der Waals surface area contributed by atoms with Crippen LogP contribution in [0.3, 0.4) is 0 Å². The molecule has 0 aromatic rings. The van der Waals surface area contributed by atoms with Crippen molar-refractivity contribution < 1.29 is 9.90 Å². The van der Waals surface area contributed by atoms with Crippen molar-refractivity contribution >= 4 is 5.97 Å². The van der Waals surface area contributed by atoms with Crippen molar-refractivity contribution in [2.45, 2.75) is 39.5 Å². The van der Waals surface area contributed by atoms with E-state index in [-0.39, 0.29) is 5.92 Å². The summed E-state index contributed by atoms with van der Waals surface area (Å²) in [7, 11) is 0. The van der Waals surface area contributed by atoms with Gasteiger partial charge in [0.05, 0.1) is 5.92 Å². The van der Waals surface area contributed by atoms with Gasteiger partial charge in [-0.25, -0.2) is 0 Å². The summed E-state index contributed by atoms with van der Waals surface area (Å²) in [4.78, 5) is 10.9. The molecule has 0 saturated heterocycles. The minimum Gasteiger partial charge on any atom is -0.481 e.